The van der Waals surface area contributed by atoms with Gasteiger partial charge >= 0.3 is 0 Å². The topological polar surface area (TPSA) is 72.2 Å². The standard InChI is InChI=1S/C14H19BrN2O3/c1-10(2)5-3-4-8-16-14(18)11-6-7-12(15)13(9-11)17(19)20/h6-7,9-10H,3-5,8H2,1-2H3,(H,16,18). The lowest BCUT2D eigenvalue weighted by molar-refractivity contribution is -0.385. The third-order valence-corrected chi connectivity index (χ3v) is 3.57. The maximum atomic E-state index is 11.9. The maximum absolute atomic E-state index is 11.9. The SMILES string of the molecule is CC(C)CCCCNC(=O)c1ccc(Br)c([N+](=O)[O-])c1. The maximum Gasteiger partial charge on any atom is 0.284 e. The average molecular weight is 343 g/mol. The second kappa shape index (κ2) is 7.99. The number of unbranched alkanes of at least 4 members (excludes halogenated alkanes) is 1. The van der Waals surface area contributed by atoms with Crippen molar-refractivity contribution in [1.82, 2.24) is 5.32 Å². The largest absolute Gasteiger partial charge is 0.352 e. The minimum Gasteiger partial charge on any atom is -0.352 e. The van der Waals surface area contributed by atoms with Crippen molar-refractivity contribution < 1.29 is 9.72 Å². The highest BCUT2D eigenvalue weighted by molar-refractivity contribution is 9.10. The first kappa shape index (κ1) is 16.6. The van der Waals surface area contributed by atoms with Crippen molar-refractivity contribution in [2.24, 2.45) is 5.92 Å². The van der Waals surface area contributed by atoms with E-state index in [9.17, 15) is 14.9 Å². The Kier molecular flexibility index (Phi) is 6.64. The average Bonchev–Trinajstić information content (AvgIpc) is 2.37. The number of halogens is 1. The van der Waals surface area contributed by atoms with Crippen LogP contribution in [0.1, 0.15) is 43.5 Å². The fraction of sp³-hybridized carbons (Fsp3) is 0.500. The summed E-state index contributed by atoms with van der Waals surface area (Å²) in [6, 6.07) is 4.37. The lowest BCUT2D eigenvalue weighted by atomic mass is 10.1. The third kappa shape index (κ3) is 5.28. The number of hydrogen-bond acceptors (Lipinski definition) is 3. The molecule has 1 aromatic carbocycles. The van der Waals surface area contributed by atoms with Crippen molar-refractivity contribution in [3.8, 4) is 0 Å². The van der Waals surface area contributed by atoms with Gasteiger partial charge in [-0.3, -0.25) is 14.9 Å². The van der Waals surface area contributed by atoms with Gasteiger partial charge in [0.15, 0.2) is 0 Å². The zero-order valence-corrected chi connectivity index (χ0v) is 13.3. The van der Waals surface area contributed by atoms with Gasteiger partial charge in [0, 0.05) is 18.2 Å². The van der Waals surface area contributed by atoms with Crippen LogP contribution in [0, 0.1) is 16.0 Å². The summed E-state index contributed by atoms with van der Waals surface area (Å²) in [7, 11) is 0. The Morgan fingerprint density at radius 2 is 2.10 bits per heavy atom. The molecule has 110 valence electrons. The van der Waals surface area contributed by atoms with Crippen LogP contribution in [-0.4, -0.2) is 17.4 Å². The third-order valence-electron chi connectivity index (χ3n) is 2.90. The first-order valence-corrected chi connectivity index (χ1v) is 7.43. The first-order valence-electron chi connectivity index (χ1n) is 6.64. The normalized spacial score (nSPS) is 10.6. The van der Waals surface area contributed by atoms with Crippen LogP contribution in [0.4, 0.5) is 5.69 Å². The Hall–Kier alpha value is -1.43. The fourth-order valence-electron chi connectivity index (χ4n) is 1.78. The molecule has 1 N–H and O–H groups in total. The van der Waals surface area contributed by atoms with E-state index in [1.807, 2.05) is 0 Å². The summed E-state index contributed by atoms with van der Waals surface area (Å²) in [6.45, 7) is 4.93. The molecule has 0 bridgehead atoms. The van der Waals surface area contributed by atoms with Gasteiger partial charge in [0.1, 0.15) is 0 Å². The Bertz CT molecular complexity index is 489. The summed E-state index contributed by atoms with van der Waals surface area (Å²) in [5.74, 6) is 0.393. The molecule has 6 heteroatoms. The number of nitro groups is 1. The molecule has 20 heavy (non-hydrogen) atoms. The van der Waals surface area contributed by atoms with Gasteiger partial charge in [-0.05, 0) is 40.4 Å². The number of nitrogens with zero attached hydrogens (tertiary/aromatic N) is 1. The molecular weight excluding hydrogens is 324 g/mol. The van der Waals surface area contributed by atoms with E-state index in [1.54, 1.807) is 6.07 Å². The summed E-state index contributed by atoms with van der Waals surface area (Å²) >= 11 is 3.09. The number of amides is 1. The molecule has 0 heterocycles. The molecular formula is C14H19BrN2O3. The molecule has 1 amide bonds. The Morgan fingerprint density at radius 1 is 1.40 bits per heavy atom. The second-order valence-electron chi connectivity index (χ2n) is 5.07. The molecule has 1 aromatic rings. The minimum absolute atomic E-state index is 0.0996. The fourth-order valence-corrected chi connectivity index (χ4v) is 2.17. The molecule has 0 radical (unpaired) electrons. The minimum atomic E-state index is -0.510. The van der Waals surface area contributed by atoms with Crippen molar-refractivity contribution in [1.29, 1.82) is 0 Å². The lowest BCUT2D eigenvalue weighted by Gasteiger charge is -2.07. The number of hydrogen-bond donors (Lipinski definition) is 1. The number of carbonyl (C=O) groups excluding carboxylic acids is 1. The van der Waals surface area contributed by atoms with Gasteiger partial charge in [0.25, 0.3) is 11.6 Å². The highest BCUT2D eigenvalue weighted by Crippen LogP contribution is 2.25. The molecule has 0 fully saturated rings. The summed E-state index contributed by atoms with van der Waals surface area (Å²) in [4.78, 5) is 22.2. The van der Waals surface area contributed by atoms with Gasteiger partial charge in [-0.1, -0.05) is 26.7 Å². The van der Waals surface area contributed by atoms with E-state index in [2.05, 4.69) is 35.1 Å². The van der Waals surface area contributed by atoms with E-state index < -0.39 is 4.92 Å². The summed E-state index contributed by atoms with van der Waals surface area (Å²) in [5.41, 5.74) is 0.209. The van der Waals surface area contributed by atoms with Gasteiger partial charge < -0.3 is 5.32 Å². The highest BCUT2D eigenvalue weighted by Gasteiger charge is 2.15. The number of benzene rings is 1. The Morgan fingerprint density at radius 3 is 2.70 bits per heavy atom. The molecule has 1 rings (SSSR count). The van der Waals surface area contributed by atoms with E-state index in [0.717, 1.165) is 19.3 Å². The second-order valence-corrected chi connectivity index (χ2v) is 5.92. The summed E-state index contributed by atoms with van der Waals surface area (Å²) < 4.78 is 0.371. The van der Waals surface area contributed by atoms with E-state index in [4.69, 9.17) is 0 Å². The van der Waals surface area contributed by atoms with Gasteiger partial charge in [0.2, 0.25) is 0 Å². The molecule has 0 atom stereocenters. The molecule has 0 unspecified atom stereocenters. The van der Waals surface area contributed by atoms with Crippen LogP contribution < -0.4 is 5.32 Å². The molecule has 0 aliphatic heterocycles. The van der Waals surface area contributed by atoms with E-state index >= 15 is 0 Å². The van der Waals surface area contributed by atoms with Crippen molar-refractivity contribution in [3.63, 3.8) is 0 Å². The van der Waals surface area contributed by atoms with Crippen molar-refractivity contribution in [2.75, 3.05) is 6.54 Å². The molecule has 0 saturated heterocycles. The zero-order chi connectivity index (χ0) is 15.1. The predicted octanol–water partition coefficient (Wildman–Crippen LogP) is 3.91. The lowest BCUT2D eigenvalue weighted by Crippen LogP contribution is -2.24. The molecule has 5 nitrogen and oxygen atoms in total. The highest BCUT2D eigenvalue weighted by atomic mass is 79.9. The van der Waals surface area contributed by atoms with Gasteiger partial charge in [-0.15, -0.1) is 0 Å². The molecule has 0 saturated carbocycles. The first-order chi connectivity index (χ1) is 9.41. The monoisotopic (exact) mass is 342 g/mol. The Balaban J connectivity index is 2.51. The van der Waals surface area contributed by atoms with Gasteiger partial charge in [-0.2, -0.15) is 0 Å². The van der Waals surface area contributed by atoms with Crippen LogP contribution in [0.2, 0.25) is 0 Å². The molecule has 0 spiro atoms. The Labute approximate surface area is 127 Å². The van der Waals surface area contributed by atoms with E-state index in [0.29, 0.717) is 22.5 Å². The van der Waals surface area contributed by atoms with Gasteiger partial charge in [-0.25, -0.2) is 0 Å². The quantitative estimate of drug-likeness (QED) is 0.463. The number of rotatable bonds is 7. The smallest absolute Gasteiger partial charge is 0.284 e. The van der Waals surface area contributed by atoms with Crippen LogP contribution in [-0.2, 0) is 0 Å². The van der Waals surface area contributed by atoms with Crippen LogP contribution >= 0.6 is 15.9 Å². The number of nitrogens with one attached hydrogen (secondary N) is 1. The van der Waals surface area contributed by atoms with E-state index in [-0.39, 0.29) is 11.6 Å². The van der Waals surface area contributed by atoms with Crippen molar-refractivity contribution in [2.45, 2.75) is 33.1 Å². The number of carbonyl (C=O) groups is 1. The summed E-state index contributed by atoms with van der Waals surface area (Å²) in [5, 5.41) is 13.6. The van der Waals surface area contributed by atoms with Gasteiger partial charge in [0.05, 0.1) is 9.40 Å². The number of nitro benzene ring substituents is 1. The summed E-state index contributed by atoms with van der Waals surface area (Å²) in [6.07, 6.45) is 3.13. The van der Waals surface area contributed by atoms with Crippen LogP contribution in [0.25, 0.3) is 0 Å². The molecule has 0 aliphatic rings. The van der Waals surface area contributed by atoms with Crippen LogP contribution in [0.15, 0.2) is 22.7 Å². The van der Waals surface area contributed by atoms with Crippen LogP contribution in [0.3, 0.4) is 0 Å². The van der Waals surface area contributed by atoms with Crippen LogP contribution in [0.5, 0.6) is 0 Å². The van der Waals surface area contributed by atoms with Crippen molar-refractivity contribution >= 4 is 27.5 Å². The van der Waals surface area contributed by atoms with E-state index in [1.165, 1.54) is 12.1 Å². The predicted molar refractivity (Wildman–Crippen MR) is 81.8 cm³/mol. The molecule has 0 aromatic heterocycles. The zero-order valence-electron chi connectivity index (χ0n) is 11.7. The van der Waals surface area contributed by atoms with Crippen molar-refractivity contribution in [3.05, 3.63) is 38.3 Å². The molecule has 0 aliphatic carbocycles.